The highest BCUT2D eigenvalue weighted by Crippen LogP contribution is 2.18. The molecule has 0 aliphatic carbocycles. The number of rotatable bonds is 5. The van der Waals surface area contributed by atoms with Gasteiger partial charge in [-0.05, 0) is 31.0 Å². The summed E-state index contributed by atoms with van der Waals surface area (Å²) in [5.41, 5.74) is 1.45. The third-order valence-electron chi connectivity index (χ3n) is 2.67. The Bertz CT molecular complexity index is 595. The zero-order valence-corrected chi connectivity index (χ0v) is 11.7. The van der Waals surface area contributed by atoms with Crippen molar-refractivity contribution in [3.8, 4) is 5.69 Å². The van der Waals surface area contributed by atoms with Gasteiger partial charge in [-0.2, -0.15) is 5.10 Å². The number of carbonyl (C=O) groups is 1. The SMILES string of the molecule is O=C(O)c1nn(-c2cccc(Br)c2)cc1CCCO. The second-order valence-corrected chi connectivity index (χ2v) is 4.98. The molecule has 0 aliphatic rings. The highest BCUT2D eigenvalue weighted by molar-refractivity contribution is 9.10. The molecule has 0 saturated heterocycles. The van der Waals surface area contributed by atoms with Crippen molar-refractivity contribution in [2.45, 2.75) is 12.8 Å². The molecule has 2 N–H and O–H groups in total. The molecule has 0 radical (unpaired) electrons. The largest absolute Gasteiger partial charge is 0.476 e. The van der Waals surface area contributed by atoms with Crippen LogP contribution in [0.15, 0.2) is 34.9 Å². The van der Waals surface area contributed by atoms with Gasteiger partial charge in [0.2, 0.25) is 0 Å². The maximum absolute atomic E-state index is 11.1. The second-order valence-electron chi connectivity index (χ2n) is 4.06. The zero-order chi connectivity index (χ0) is 13.8. The van der Waals surface area contributed by atoms with Crippen LogP contribution in [-0.4, -0.2) is 32.6 Å². The van der Waals surface area contributed by atoms with E-state index in [0.717, 1.165) is 10.2 Å². The maximum atomic E-state index is 11.1. The Balaban J connectivity index is 2.39. The summed E-state index contributed by atoms with van der Waals surface area (Å²) in [7, 11) is 0. The van der Waals surface area contributed by atoms with Crippen molar-refractivity contribution in [2.24, 2.45) is 0 Å². The number of aromatic carboxylic acids is 1. The maximum Gasteiger partial charge on any atom is 0.356 e. The first-order chi connectivity index (χ1) is 9.11. The van der Waals surface area contributed by atoms with Crippen molar-refractivity contribution < 1.29 is 15.0 Å². The summed E-state index contributed by atoms with van der Waals surface area (Å²) in [6.07, 6.45) is 2.71. The van der Waals surface area contributed by atoms with E-state index in [0.29, 0.717) is 18.4 Å². The van der Waals surface area contributed by atoms with Crippen molar-refractivity contribution in [3.05, 3.63) is 46.2 Å². The van der Waals surface area contributed by atoms with E-state index in [4.69, 9.17) is 10.2 Å². The molecule has 0 unspecified atom stereocenters. The molecule has 0 spiro atoms. The highest BCUT2D eigenvalue weighted by atomic mass is 79.9. The highest BCUT2D eigenvalue weighted by Gasteiger charge is 2.16. The lowest BCUT2D eigenvalue weighted by molar-refractivity contribution is 0.0688. The van der Waals surface area contributed by atoms with Gasteiger partial charge in [-0.3, -0.25) is 0 Å². The number of aromatic nitrogens is 2. The fourth-order valence-corrected chi connectivity index (χ4v) is 2.18. The molecule has 0 saturated carbocycles. The summed E-state index contributed by atoms with van der Waals surface area (Å²) >= 11 is 3.37. The second kappa shape index (κ2) is 5.99. The minimum Gasteiger partial charge on any atom is -0.476 e. The van der Waals surface area contributed by atoms with Crippen molar-refractivity contribution in [1.82, 2.24) is 9.78 Å². The van der Waals surface area contributed by atoms with Crippen molar-refractivity contribution >= 4 is 21.9 Å². The Labute approximate surface area is 118 Å². The zero-order valence-electron chi connectivity index (χ0n) is 10.1. The Morgan fingerprint density at radius 1 is 1.42 bits per heavy atom. The van der Waals surface area contributed by atoms with Crippen LogP contribution in [0, 0.1) is 0 Å². The first-order valence-electron chi connectivity index (χ1n) is 5.80. The molecule has 0 bridgehead atoms. The van der Waals surface area contributed by atoms with Crippen LogP contribution in [0.1, 0.15) is 22.5 Å². The Morgan fingerprint density at radius 2 is 2.21 bits per heavy atom. The monoisotopic (exact) mass is 324 g/mol. The van der Waals surface area contributed by atoms with Gasteiger partial charge >= 0.3 is 5.97 Å². The number of hydrogen-bond acceptors (Lipinski definition) is 3. The number of hydrogen-bond donors (Lipinski definition) is 2. The molecular formula is C13H13BrN2O3. The van der Waals surface area contributed by atoms with E-state index in [9.17, 15) is 4.79 Å². The lowest BCUT2D eigenvalue weighted by Gasteiger charge is -2.00. The fraction of sp³-hybridized carbons (Fsp3) is 0.231. The van der Waals surface area contributed by atoms with E-state index in [2.05, 4.69) is 21.0 Å². The Morgan fingerprint density at radius 3 is 2.84 bits per heavy atom. The van der Waals surface area contributed by atoms with E-state index in [1.54, 1.807) is 10.9 Å². The number of halogens is 1. The summed E-state index contributed by atoms with van der Waals surface area (Å²) in [4.78, 5) is 11.1. The molecule has 0 fully saturated rings. The van der Waals surface area contributed by atoms with Crippen LogP contribution in [0.5, 0.6) is 0 Å². The van der Waals surface area contributed by atoms with Gasteiger partial charge in [-0.25, -0.2) is 9.48 Å². The van der Waals surface area contributed by atoms with Crippen LogP contribution in [-0.2, 0) is 6.42 Å². The number of carboxylic acid groups (broad SMARTS) is 1. The number of aliphatic hydroxyl groups is 1. The minimum absolute atomic E-state index is 0.0289. The van der Waals surface area contributed by atoms with Gasteiger partial charge in [-0.15, -0.1) is 0 Å². The summed E-state index contributed by atoms with van der Waals surface area (Å²) in [5.74, 6) is -1.05. The fourth-order valence-electron chi connectivity index (χ4n) is 1.79. The molecule has 0 amide bonds. The van der Waals surface area contributed by atoms with Gasteiger partial charge in [-0.1, -0.05) is 22.0 Å². The molecule has 1 heterocycles. The third-order valence-corrected chi connectivity index (χ3v) is 3.16. The first-order valence-corrected chi connectivity index (χ1v) is 6.59. The summed E-state index contributed by atoms with van der Waals surface area (Å²) in [5, 5.41) is 22.1. The first kappa shape index (κ1) is 13.8. The summed E-state index contributed by atoms with van der Waals surface area (Å²) < 4.78 is 2.44. The lowest BCUT2D eigenvalue weighted by Crippen LogP contribution is -2.03. The molecule has 2 aromatic rings. The van der Waals surface area contributed by atoms with Crippen LogP contribution in [0.4, 0.5) is 0 Å². The predicted molar refractivity (Wildman–Crippen MR) is 73.6 cm³/mol. The van der Waals surface area contributed by atoms with Crippen LogP contribution < -0.4 is 0 Å². The van der Waals surface area contributed by atoms with Gasteiger partial charge in [0.15, 0.2) is 5.69 Å². The average Bonchev–Trinajstić information content (AvgIpc) is 2.80. The summed E-state index contributed by atoms with van der Waals surface area (Å²) in [6.45, 7) is 0.0289. The van der Waals surface area contributed by atoms with Crippen molar-refractivity contribution in [3.63, 3.8) is 0 Å². The van der Waals surface area contributed by atoms with Gasteiger partial charge in [0.05, 0.1) is 5.69 Å². The van der Waals surface area contributed by atoms with Crippen LogP contribution in [0.2, 0.25) is 0 Å². The number of carboxylic acids is 1. The number of aryl methyl sites for hydroxylation is 1. The predicted octanol–water partition coefficient (Wildman–Crippen LogP) is 2.26. The van der Waals surface area contributed by atoms with E-state index < -0.39 is 5.97 Å². The van der Waals surface area contributed by atoms with Gasteiger partial charge in [0.1, 0.15) is 0 Å². The van der Waals surface area contributed by atoms with Crippen LogP contribution in [0.25, 0.3) is 5.69 Å². The van der Waals surface area contributed by atoms with E-state index >= 15 is 0 Å². The lowest BCUT2D eigenvalue weighted by atomic mass is 10.1. The molecule has 0 atom stereocenters. The standard InChI is InChI=1S/C13H13BrN2O3/c14-10-4-1-5-11(7-10)16-8-9(3-2-6-17)12(15-16)13(18)19/h1,4-5,7-8,17H,2-3,6H2,(H,18,19). The van der Waals surface area contributed by atoms with Crippen LogP contribution >= 0.6 is 15.9 Å². The number of aliphatic hydroxyl groups excluding tert-OH is 1. The molecule has 1 aromatic carbocycles. The molecule has 0 aliphatic heterocycles. The molecular weight excluding hydrogens is 312 g/mol. The smallest absolute Gasteiger partial charge is 0.356 e. The van der Waals surface area contributed by atoms with Gasteiger partial charge in [0.25, 0.3) is 0 Å². The average molecular weight is 325 g/mol. The third kappa shape index (κ3) is 3.21. The number of nitrogens with zero attached hydrogens (tertiary/aromatic N) is 2. The molecule has 5 nitrogen and oxygen atoms in total. The van der Waals surface area contributed by atoms with Gasteiger partial charge < -0.3 is 10.2 Å². The molecule has 6 heteroatoms. The topological polar surface area (TPSA) is 75.3 Å². The molecule has 2 rings (SSSR count). The minimum atomic E-state index is -1.05. The van der Waals surface area contributed by atoms with E-state index in [1.807, 2.05) is 24.3 Å². The van der Waals surface area contributed by atoms with Gasteiger partial charge in [0, 0.05) is 22.8 Å². The molecule has 100 valence electrons. The number of benzene rings is 1. The quantitative estimate of drug-likeness (QED) is 0.884. The molecule has 19 heavy (non-hydrogen) atoms. The summed E-state index contributed by atoms with van der Waals surface area (Å²) in [6, 6.07) is 7.44. The van der Waals surface area contributed by atoms with E-state index in [1.165, 1.54) is 0 Å². The van der Waals surface area contributed by atoms with E-state index in [-0.39, 0.29) is 12.3 Å². The molecule has 1 aromatic heterocycles. The van der Waals surface area contributed by atoms with Crippen LogP contribution in [0.3, 0.4) is 0 Å². The Hall–Kier alpha value is -1.66. The van der Waals surface area contributed by atoms with Crippen molar-refractivity contribution in [1.29, 1.82) is 0 Å². The normalized spacial score (nSPS) is 10.6. The van der Waals surface area contributed by atoms with Crippen molar-refractivity contribution in [2.75, 3.05) is 6.61 Å². The Kier molecular flexibility index (Phi) is 4.34.